The summed E-state index contributed by atoms with van der Waals surface area (Å²) in [6.45, 7) is 5.51. The summed E-state index contributed by atoms with van der Waals surface area (Å²) < 4.78 is 5.60. The lowest BCUT2D eigenvalue weighted by atomic mass is 10.0. The average Bonchev–Trinajstić information content (AvgIpc) is 2.97. The second kappa shape index (κ2) is 7.43. The third kappa shape index (κ3) is 4.02. The molecular formula is C21H24N2O2. The van der Waals surface area contributed by atoms with Gasteiger partial charge in [0.05, 0.1) is 12.7 Å². The molecule has 0 saturated carbocycles. The number of nitrogens with one attached hydrogen (secondary N) is 1. The molecule has 0 fully saturated rings. The summed E-state index contributed by atoms with van der Waals surface area (Å²) in [4.78, 5) is 14.4. The van der Waals surface area contributed by atoms with E-state index in [-0.39, 0.29) is 5.91 Å². The second-order valence-electron chi connectivity index (χ2n) is 6.48. The molecule has 0 spiro atoms. The van der Waals surface area contributed by atoms with Crippen LogP contribution < -0.4 is 10.2 Å². The Morgan fingerprint density at radius 3 is 2.60 bits per heavy atom. The Morgan fingerprint density at radius 1 is 1.12 bits per heavy atom. The molecule has 3 aromatic rings. The van der Waals surface area contributed by atoms with Crippen molar-refractivity contribution in [3.8, 4) is 0 Å². The van der Waals surface area contributed by atoms with Gasteiger partial charge < -0.3 is 14.6 Å². The number of carbonyl (C=O) groups excluding carboxylic acids is 1. The Morgan fingerprint density at radius 2 is 1.84 bits per heavy atom. The molecule has 0 unspecified atom stereocenters. The van der Waals surface area contributed by atoms with Crippen molar-refractivity contribution in [1.29, 1.82) is 0 Å². The number of rotatable bonds is 6. The van der Waals surface area contributed by atoms with Gasteiger partial charge in [-0.25, -0.2) is 0 Å². The molecule has 1 N–H and O–H groups in total. The van der Waals surface area contributed by atoms with Crippen molar-refractivity contribution in [3.05, 3.63) is 65.4 Å². The minimum absolute atomic E-state index is 0.0161. The van der Waals surface area contributed by atoms with Crippen LogP contribution in [-0.4, -0.2) is 26.0 Å². The van der Waals surface area contributed by atoms with Crippen LogP contribution in [-0.2, 0) is 11.2 Å². The summed E-state index contributed by atoms with van der Waals surface area (Å²) in [5.74, 6) is 0.0161. The normalized spacial score (nSPS) is 10.8. The number of amides is 1. The van der Waals surface area contributed by atoms with E-state index in [4.69, 9.17) is 4.42 Å². The molecule has 1 aromatic heterocycles. The standard InChI is InChI=1S/C21H24N2O2/c1-15-11-19-17(14-25-20(19)12-16(15)2)13-21(24)22-9-10-23(3)18-7-5-4-6-8-18/h4-8,11-12,14H,9-10,13H2,1-3H3,(H,22,24). The van der Waals surface area contributed by atoms with Crippen LogP contribution in [0.3, 0.4) is 0 Å². The molecule has 0 aliphatic heterocycles. The number of hydrogen-bond acceptors (Lipinski definition) is 3. The van der Waals surface area contributed by atoms with Crippen LogP contribution in [0.5, 0.6) is 0 Å². The zero-order valence-corrected chi connectivity index (χ0v) is 15.0. The summed E-state index contributed by atoms with van der Waals surface area (Å²) in [5.41, 5.74) is 5.33. The van der Waals surface area contributed by atoms with Crippen molar-refractivity contribution in [2.75, 3.05) is 25.0 Å². The number of aryl methyl sites for hydroxylation is 2. The largest absolute Gasteiger partial charge is 0.464 e. The van der Waals surface area contributed by atoms with Gasteiger partial charge in [0.2, 0.25) is 5.91 Å². The predicted octanol–water partition coefficient (Wildman–Crippen LogP) is 3.84. The summed E-state index contributed by atoms with van der Waals surface area (Å²) in [6.07, 6.45) is 2.03. The zero-order chi connectivity index (χ0) is 17.8. The lowest BCUT2D eigenvalue weighted by Crippen LogP contribution is -2.33. The van der Waals surface area contributed by atoms with E-state index in [1.54, 1.807) is 6.26 Å². The van der Waals surface area contributed by atoms with Gasteiger partial charge in [-0.3, -0.25) is 4.79 Å². The third-order valence-electron chi connectivity index (χ3n) is 4.59. The SMILES string of the molecule is Cc1cc2occ(CC(=O)NCCN(C)c3ccccc3)c2cc1C. The average molecular weight is 336 g/mol. The van der Waals surface area contributed by atoms with Crippen LogP contribution in [0.25, 0.3) is 11.0 Å². The molecule has 2 aromatic carbocycles. The Bertz CT molecular complexity index is 868. The van der Waals surface area contributed by atoms with E-state index in [9.17, 15) is 4.79 Å². The number of fused-ring (bicyclic) bond motifs is 1. The first-order valence-corrected chi connectivity index (χ1v) is 8.55. The highest BCUT2D eigenvalue weighted by molar-refractivity contribution is 5.88. The van der Waals surface area contributed by atoms with Crippen molar-refractivity contribution in [2.24, 2.45) is 0 Å². The molecule has 4 nitrogen and oxygen atoms in total. The lowest BCUT2D eigenvalue weighted by Gasteiger charge is -2.19. The number of likely N-dealkylation sites (N-methyl/N-ethyl adjacent to an activating group) is 1. The number of para-hydroxylation sites is 1. The maximum atomic E-state index is 12.3. The smallest absolute Gasteiger partial charge is 0.224 e. The molecule has 0 atom stereocenters. The van der Waals surface area contributed by atoms with Crippen molar-refractivity contribution in [3.63, 3.8) is 0 Å². The maximum Gasteiger partial charge on any atom is 0.224 e. The fourth-order valence-corrected chi connectivity index (χ4v) is 2.88. The maximum absolute atomic E-state index is 12.3. The van der Waals surface area contributed by atoms with Crippen LogP contribution in [0.15, 0.2) is 53.1 Å². The summed E-state index contributed by atoms with van der Waals surface area (Å²) in [5, 5.41) is 4.02. The molecule has 0 aliphatic rings. The van der Waals surface area contributed by atoms with Crippen molar-refractivity contribution in [2.45, 2.75) is 20.3 Å². The number of carbonyl (C=O) groups is 1. The van der Waals surface area contributed by atoms with Crippen LogP contribution >= 0.6 is 0 Å². The molecule has 0 saturated heterocycles. The number of benzene rings is 2. The lowest BCUT2D eigenvalue weighted by molar-refractivity contribution is -0.120. The molecule has 130 valence electrons. The van der Waals surface area contributed by atoms with Crippen LogP contribution in [0.4, 0.5) is 5.69 Å². The zero-order valence-electron chi connectivity index (χ0n) is 15.0. The van der Waals surface area contributed by atoms with Crippen molar-refractivity contribution < 1.29 is 9.21 Å². The quantitative estimate of drug-likeness (QED) is 0.744. The van der Waals surface area contributed by atoms with E-state index in [1.807, 2.05) is 31.3 Å². The number of nitrogens with zero attached hydrogens (tertiary/aromatic N) is 1. The Hall–Kier alpha value is -2.75. The van der Waals surface area contributed by atoms with Crippen molar-refractivity contribution >= 4 is 22.6 Å². The highest BCUT2D eigenvalue weighted by Crippen LogP contribution is 2.25. The van der Waals surface area contributed by atoms with E-state index in [2.05, 4.69) is 42.3 Å². The molecule has 1 heterocycles. The minimum atomic E-state index is 0.0161. The van der Waals surface area contributed by atoms with E-state index < -0.39 is 0 Å². The molecule has 25 heavy (non-hydrogen) atoms. The van der Waals surface area contributed by atoms with E-state index in [0.717, 1.165) is 28.8 Å². The first-order chi connectivity index (χ1) is 12.0. The summed E-state index contributed by atoms with van der Waals surface area (Å²) in [7, 11) is 2.02. The highest BCUT2D eigenvalue weighted by atomic mass is 16.3. The number of hydrogen-bond donors (Lipinski definition) is 1. The monoisotopic (exact) mass is 336 g/mol. The fourth-order valence-electron chi connectivity index (χ4n) is 2.88. The van der Waals surface area contributed by atoms with Crippen molar-refractivity contribution in [1.82, 2.24) is 5.32 Å². The van der Waals surface area contributed by atoms with Gasteiger partial charge in [0, 0.05) is 36.8 Å². The third-order valence-corrected chi connectivity index (χ3v) is 4.59. The molecule has 0 aliphatic carbocycles. The number of furan rings is 1. The van der Waals surface area contributed by atoms with E-state index >= 15 is 0 Å². The molecular weight excluding hydrogens is 312 g/mol. The second-order valence-corrected chi connectivity index (χ2v) is 6.48. The van der Waals surface area contributed by atoms with Gasteiger partial charge in [0.25, 0.3) is 0 Å². The minimum Gasteiger partial charge on any atom is -0.464 e. The predicted molar refractivity (Wildman–Crippen MR) is 102 cm³/mol. The topological polar surface area (TPSA) is 45.5 Å². The van der Waals surface area contributed by atoms with E-state index in [1.165, 1.54) is 11.1 Å². The first kappa shape index (κ1) is 17.1. The molecule has 0 radical (unpaired) electrons. The van der Waals surface area contributed by atoms with Crippen LogP contribution in [0.1, 0.15) is 16.7 Å². The van der Waals surface area contributed by atoms with Gasteiger partial charge >= 0.3 is 0 Å². The van der Waals surface area contributed by atoms with Gasteiger partial charge in [-0.2, -0.15) is 0 Å². The highest BCUT2D eigenvalue weighted by Gasteiger charge is 2.11. The molecule has 1 amide bonds. The van der Waals surface area contributed by atoms with Gasteiger partial charge in [-0.05, 0) is 49.2 Å². The fraction of sp³-hybridized carbons (Fsp3) is 0.286. The molecule has 0 bridgehead atoms. The van der Waals surface area contributed by atoms with E-state index in [0.29, 0.717) is 13.0 Å². The van der Waals surface area contributed by atoms with Crippen LogP contribution in [0, 0.1) is 13.8 Å². The Balaban J connectivity index is 1.55. The molecule has 4 heteroatoms. The van der Waals surface area contributed by atoms with Crippen LogP contribution in [0.2, 0.25) is 0 Å². The van der Waals surface area contributed by atoms with Gasteiger partial charge in [0.15, 0.2) is 0 Å². The summed E-state index contributed by atoms with van der Waals surface area (Å²) in [6, 6.07) is 14.3. The van der Waals surface area contributed by atoms with Gasteiger partial charge in [0.1, 0.15) is 5.58 Å². The Kier molecular flexibility index (Phi) is 5.08. The number of anilines is 1. The summed E-state index contributed by atoms with van der Waals surface area (Å²) >= 11 is 0. The molecule has 3 rings (SSSR count). The Labute approximate surface area is 148 Å². The first-order valence-electron chi connectivity index (χ1n) is 8.55. The van der Waals surface area contributed by atoms with Gasteiger partial charge in [-0.1, -0.05) is 18.2 Å². The van der Waals surface area contributed by atoms with Gasteiger partial charge in [-0.15, -0.1) is 0 Å².